The molecule has 0 aliphatic carbocycles. The number of thiazole rings is 1. The van der Waals surface area contributed by atoms with Gasteiger partial charge in [-0.2, -0.15) is 0 Å². The third-order valence-corrected chi connectivity index (χ3v) is 5.91. The number of esters is 1. The monoisotopic (exact) mass is 412 g/mol. The Morgan fingerprint density at radius 1 is 1.31 bits per heavy atom. The Morgan fingerprint density at radius 3 is 2.86 bits per heavy atom. The molecule has 152 valence electrons. The molecule has 0 bridgehead atoms. The highest BCUT2D eigenvalue weighted by atomic mass is 32.1. The maximum Gasteiger partial charge on any atom is 0.350 e. The predicted molar refractivity (Wildman–Crippen MR) is 113 cm³/mol. The van der Waals surface area contributed by atoms with Crippen molar-refractivity contribution in [2.24, 2.45) is 0 Å². The van der Waals surface area contributed by atoms with Gasteiger partial charge >= 0.3 is 5.97 Å². The van der Waals surface area contributed by atoms with E-state index >= 15 is 0 Å². The van der Waals surface area contributed by atoms with E-state index in [0.29, 0.717) is 34.2 Å². The second kappa shape index (κ2) is 8.71. The van der Waals surface area contributed by atoms with E-state index in [4.69, 9.17) is 9.72 Å². The van der Waals surface area contributed by atoms with Crippen molar-refractivity contribution in [2.45, 2.75) is 32.6 Å². The van der Waals surface area contributed by atoms with Crippen molar-refractivity contribution in [1.29, 1.82) is 0 Å². The topological polar surface area (TPSA) is 105 Å². The first kappa shape index (κ1) is 19.5. The SMILES string of the molecule is CCOC(=O)c1sc(Nc2nc(-c3ccc[nH]3)cc(C3CCNCC3)n2)nc1C. The van der Waals surface area contributed by atoms with Crippen molar-refractivity contribution in [1.82, 2.24) is 25.3 Å². The summed E-state index contributed by atoms with van der Waals surface area (Å²) in [6.07, 6.45) is 3.97. The molecule has 0 unspecified atom stereocenters. The summed E-state index contributed by atoms with van der Waals surface area (Å²) in [4.78, 5) is 29.7. The highest BCUT2D eigenvalue weighted by molar-refractivity contribution is 7.17. The number of aryl methyl sites for hydroxylation is 1. The molecule has 1 aliphatic rings. The molecule has 29 heavy (non-hydrogen) atoms. The molecule has 0 amide bonds. The lowest BCUT2D eigenvalue weighted by Gasteiger charge is -2.22. The summed E-state index contributed by atoms with van der Waals surface area (Å²) in [5.41, 5.74) is 3.43. The molecule has 4 heterocycles. The molecule has 0 radical (unpaired) electrons. The van der Waals surface area contributed by atoms with E-state index in [0.717, 1.165) is 43.0 Å². The molecule has 4 rings (SSSR count). The third kappa shape index (κ3) is 4.46. The summed E-state index contributed by atoms with van der Waals surface area (Å²) in [5, 5.41) is 7.16. The molecular weight excluding hydrogens is 388 g/mol. The number of rotatable bonds is 6. The van der Waals surface area contributed by atoms with Crippen LogP contribution < -0.4 is 10.6 Å². The van der Waals surface area contributed by atoms with E-state index in [1.54, 1.807) is 13.8 Å². The van der Waals surface area contributed by atoms with Crippen molar-refractivity contribution < 1.29 is 9.53 Å². The molecule has 9 heteroatoms. The number of ether oxygens (including phenoxy) is 1. The third-order valence-electron chi connectivity index (χ3n) is 4.85. The van der Waals surface area contributed by atoms with Crippen LogP contribution in [0.15, 0.2) is 24.4 Å². The molecule has 1 fully saturated rings. The highest BCUT2D eigenvalue weighted by Gasteiger charge is 2.21. The normalized spacial score (nSPS) is 14.7. The Labute approximate surface area is 173 Å². The largest absolute Gasteiger partial charge is 0.462 e. The van der Waals surface area contributed by atoms with E-state index in [1.807, 2.05) is 18.3 Å². The fourth-order valence-corrected chi connectivity index (χ4v) is 4.26. The van der Waals surface area contributed by atoms with E-state index < -0.39 is 0 Å². The Hall–Kier alpha value is -2.78. The predicted octanol–water partition coefficient (Wildman–Crippen LogP) is 3.62. The summed E-state index contributed by atoms with van der Waals surface area (Å²) in [7, 11) is 0. The lowest BCUT2D eigenvalue weighted by Crippen LogP contribution is -2.27. The number of nitrogens with zero attached hydrogens (tertiary/aromatic N) is 3. The number of anilines is 2. The quantitative estimate of drug-likeness (QED) is 0.531. The van der Waals surface area contributed by atoms with Crippen molar-refractivity contribution >= 4 is 28.4 Å². The van der Waals surface area contributed by atoms with Crippen LogP contribution in [0.5, 0.6) is 0 Å². The first-order valence-electron chi connectivity index (χ1n) is 9.79. The van der Waals surface area contributed by atoms with Gasteiger partial charge in [-0.25, -0.2) is 19.7 Å². The summed E-state index contributed by atoms with van der Waals surface area (Å²) in [6, 6.07) is 6.00. The van der Waals surface area contributed by atoms with Gasteiger partial charge in [-0.05, 0) is 58.0 Å². The lowest BCUT2D eigenvalue weighted by molar-refractivity contribution is 0.0531. The number of carbonyl (C=O) groups is 1. The first-order valence-corrected chi connectivity index (χ1v) is 10.6. The van der Waals surface area contributed by atoms with E-state index in [-0.39, 0.29) is 5.97 Å². The van der Waals surface area contributed by atoms with Gasteiger partial charge in [0.05, 0.1) is 23.7 Å². The molecular formula is C20H24N6O2S. The van der Waals surface area contributed by atoms with Gasteiger partial charge in [0.25, 0.3) is 0 Å². The zero-order valence-corrected chi connectivity index (χ0v) is 17.3. The Balaban J connectivity index is 1.65. The van der Waals surface area contributed by atoms with Crippen LogP contribution in [0.4, 0.5) is 11.1 Å². The minimum atomic E-state index is -0.355. The Morgan fingerprint density at radius 2 is 2.14 bits per heavy atom. The number of hydrogen-bond acceptors (Lipinski definition) is 8. The van der Waals surface area contributed by atoms with E-state index in [2.05, 4.69) is 31.7 Å². The maximum absolute atomic E-state index is 12.1. The number of aromatic amines is 1. The lowest BCUT2D eigenvalue weighted by atomic mass is 9.94. The molecule has 8 nitrogen and oxygen atoms in total. The zero-order valence-electron chi connectivity index (χ0n) is 16.5. The van der Waals surface area contributed by atoms with Gasteiger partial charge in [-0.3, -0.25) is 5.32 Å². The van der Waals surface area contributed by atoms with Crippen LogP contribution in [0.2, 0.25) is 0 Å². The second-order valence-electron chi connectivity index (χ2n) is 6.89. The van der Waals surface area contributed by atoms with Crippen LogP contribution >= 0.6 is 11.3 Å². The molecule has 0 spiro atoms. The Kier molecular flexibility index (Phi) is 5.86. The van der Waals surface area contributed by atoms with Gasteiger partial charge in [0.15, 0.2) is 5.13 Å². The van der Waals surface area contributed by atoms with Gasteiger partial charge in [0, 0.05) is 17.8 Å². The number of nitrogens with one attached hydrogen (secondary N) is 3. The molecule has 1 aliphatic heterocycles. The second-order valence-corrected chi connectivity index (χ2v) is 7.89. The number of hydrogen-bond donors (Lipinski definition) is 3. The summed E-state index contributed by atoms with van der Waals surface area (Å²) in [6.45, 7) is 5.90. The number of aromatic nitrogens is 4. The maximum atomic E-state index is 12.1. The van der Waals surface area contributed by atoms with E-state index in [1.165, 1.54) is 11.3 Å². The van der Waals surface area contributed by atoms with Crippen LogP contribution in [-0.4, -0.2) is 45.6 Å². The highest BCUT2D eigenvalue weighted by Crippen LogP contribution is 2.30. The van der Waals surface area contributed by atoms with Crippen molar-refractivity contribution in [3.8, 4) is 11.4 Å². The fourth-order valence-electron chi connectivity index (χ4n) is 3.41. The molecule has 1 saturated heterocycles. The minimum Gasteiger partial charge on any atom is -0.462 e. The molecule has 3 N–H and O–H groups in total. The minimum absolute atomic E-state index is 0.333. The number of piperidine rings is 1. The average Bonchev–Trinajstić information content (AvgIpc) is 3.39. The van der Waals surface area contributed by atoms with Crippen LogP contribution in [-0.2, 0) is 4.74 Å². The van der Waals surface area contributed by atoms with Gasteiger partial charge in [0.2, 0.25) is 5.95 Å². The van der Waals surface area contributed by atoms with Gasteiger partial charge in [-0.1, -0.05) is 11.3 Å². The van der Waals surface area contributed by atoms with Gasteiger partial charge < -0.3 is 15.0 Å². The van der Waals surface area contributed by atoms with Crippen LogP contribution in [0.1, 0.15) is 46.7 Å². The summed E-state index contributed by atoms with van der Waals surface area (Å²) >= 11 is 1.25. The summed E-state index contributed by atoms with van der Waals surface area (Å²) in [5.74, 6) is 0.517. The smallest absolute Gasteiger partial charge is 0.350 e. The van der Waals surface area contributed by atoms with Crippen LogP contribution in [0.25, 0.3) is 11.4 Å². The molecule has 3 aromatic rings. The fraction of sp³-hybridized carbons (Fsp3) is 0.400. The van der Waals surface area contributed by atoms with Crippen molar-refractivity contribution in [2.75, 3.05) is 25.0 Å². The van der Waals surface area contributed by atoms with E-state index in [9.17, 15) is 4.79 Å². The van der Waals surface area contributed by atoms with Gasteiger partial charge in [-0.15, -0.1) is 0 Å². The zero-order chi connectivity index (χ0) is 20.2. The molecule has 0 atom stereocenters. The molecule has 3 aromatic heterocycles. The van der Waals surface area contributed by atoms with Crippen molar-refractivity contribution in [3.05, 3.63) is 40.7 Å². The molecule has 0 aromatic carbocycles. The van der Waals surface area contributed by atoms with Gasteiger partial charge in [0.1, 0.15) is 4.88 Å². The average molecular weight is 413 g/mol. The standard InChI is InChI=1S/C20H24N6O2S/c1-3-28-18(27)17-12(2)23-20(29-17)26-19-24-15(13-6-9-21-10-7-13)11-16(25-19)14-5-4-8-22-14/h4-5,8,11,13,21-22H,3,6-7,9-10H2,1-2H3,(H,23,24,25,26). The number of carbonyl (C=O) groups excluding carboxylic acids is 1. The van der Waals surface area contributed by atoms with Crippen LogP contribution in [0.3, 0.4) is 0 Å². The first-order chi connectivity index (χ1) is 14.1. The molecule has 0 saturated carbocycles. The Bertz CT molecular complexity index is 979. The summed E-state index contributed by atoms with van der Waals surface area (Å²) < 4.78 is 5.10. The number of H-pyrrole nitrogens is 1. The van der Waals surface area contributed by atoms with Crippen molar-refractivity contribution in [3.63, 3.8) is 0 Å². The van der Waals surface area contributed by atoms with Crippen LogP contribution in [0, 0.1) is 6.92 Å².